The van der Waals surface area contributed by atoms with E-state index in [9.17, 15) is 0 Å². The second kappa shape index (κ2) is 11.2. The van der Waals surface area contributed by atoms with Crippen LogP contribution < -0.4 is 0 Å². The summed E-state index contributed by atoms with van der Waals surface area (Å²) in [6, 6.07) is 40.2. The van der Waals surface area contributed by atoms with E-state index >= 15 is 0 Å². The molecule has 2 aromatic heterocycles. The Hall–Kier alpha value is -6.06. The summed E-state index contributed by atoms with van der Waals surface area (Å²) < 4.78 is 2.43. The van der Waals surface area contributed by atoms with Gasteiger partial charge in [-0.05, 0) is 106 Å². The monoisotopic (exact) mass is 667 g/mol. The number of hydrogen-bond donors (Lipinski definition) is 0. The van der Waals surface area contributed by atoms with Crippen LogP contribution in [0.3, 0.4) is 0 Å². The Kier molecular flexibility index (Phi) is 6.40. The van der Waals surface area contributed by atoms with Gasteiger partial charge in [-0.25, -0.2) is 9.97 Å². The van der Waals surface area contributed by atoms with E-state index in [-0.39, 0.29) is 5.41 Å². The molecule has 0 saturated carbocycles. The topological polar surface area (TPSA) is 30.7 Å². The van der Waals surface area contributed by atoms with Crippen LogP contribution in [0, 0.1) is 0 Å². The lowest BCUT2D eigenvalue weighted by Gasteiger charge is -2.38. The molecule has 2 heterocycles. The summed E-state index contributed by atoms with van der Waals surface area (Å²) in [6.45, 7) is 2.49. The van der Waals surface area contributed by atoms with Crippen LogP contribution in [0.5, 0.6) is 0 Å². The SMILES string of the molecule is C[C@@]12CC(C3=CCCC=C3)=Cc3ccc4c(c31)c1c(cccc1n4-c1nc3c(nc1-c1cccc(-c4ccccc4)c1)CCC=C3)-c1ccccc12. The van der Waals surface area contributed by atoms with Crippen LogP contribution in [-0.4, -0.2) is 14.5 Å². The fraction of sp³-hybridized carbons (Fsp3) is 0.143. The molecular formula is C49H37N3. The molecule has 248 valence electrons. The number of aromatic nitrogens is 3. The van der Waals surface area contributed by atoms with Gasteiger partial charge in [0, 0.05) is 21.8 Å². The molecule has 0 radical (unpaired) electrons. The largest absolute Gasteiger partial charge is 0.292 e. The fourth-order valence-corrected chi connectivity index (χ4v) is 9.54. The van der Waals surface area contributed by atoms with Crippen LogP contribution in [-0.2, 0) is 11.8 Å². The van der Waals surface area contributed by atoms with E-state index in [1.165, 1.54) is 71.9 Å². The highest BCUT2D eigenvalue weighted by atomic mass is 15.1. The van der Waals surface area contributed by atoms with Gasteiger partial charge >= 0.3 is 0 Å². The summed E-state index contributed by atoms with van der Waals surface area (Å²) in [5, 5.41) is 2.64. The van der Waals surface area contributed by atoms with Crippen LogP contribution in [0.1, 0.15) is 60.7 Å². The smallest absolute Gasteiger partial charge is 0.165 e. The number of benzene rings is 5. The molecule has 3 nitrogen and oxygen atoms in total. The van der Waals surface area contributed by atoms with E-state index in [2.05, 4.69) is 157 Å². The zero-order valence-electron chi connectivity index (χ0n) is 29.2. The third-order valence-electron chi connectivity index (χ3n) is 11.9. The van der Waals surface area contributed by atoms with E-state index in [4.69, 9.17) is 9.97 Å². The fourth-order valence-electron chi connectivity index (χ4n) is 9.54. The van der Waals surface area contributed by atoms with Crippen LogP contribution in [0.4, 0.5) is 0 Å². The number of rotatable bonds is 4. The van der Waals surface area contributed by atoms with Crippen molar-refractivity contribution >= 4 is 34.0 Å². The van der Waals surface area contributed by atoms with Crippen LogP contribution >= 0.6 is 0 Å². The molecule has 3 heteroatoms. The van der Waals surface area contributed by atoms with Crippen molar-refractivity contribution in [3.63, 3.8) is 0 Å². The molecule has 7 aromatic rings. The highest BCUT2D eigenvalue weighted by Gasteiger charge is 2.42. The molecule has 4 aliphatic carbocycles. The molecule has 0 saturated heterocycles. The summed E-state index contributed by atoms with van der Waals surface area (Å²) >= 11 is 0. The third kappa shape index (κ3) is 4.26. The van der Waals surface area contributed by atoms with Crippen molar-refractivity contribution in [1.29, 1.82) is 0 Å². The van der Waals surface area contributed by atoms with E-state index in [0.29, 0.717) is 0 Å². The van der Waals surface area contributed by atoms with Gasteiger partial charge < -0.3 is 0 Å². The predicted octanol–water partition coefficient (Wildman–Crippen LogP) is 12.2. The van der Waals surface area contributed by atoms with Crippen molar-refractivity contribution in [3.05, 3.63) is 173 Å². The van der Waals surface area contributed by atoms with E-state index < -0.39 is 0 Å². The molecule has 0 spiro atoms. The number of allylic oxidation sites excluding steroid dienone is 6. The molecule has 1 atom stereocenters. The summed E-state index contributed by atoms with van der Waals surface area (Å²) in [4.78, 5) is 11.0. The first kappa shape index (κ1) is 29.6. The average Bonchev–Trinajstić information content (AvgIpc) is 3.50. The Bertz CT molecular complexity index is 2770. The minimum atomic E-state index is -0.225. The third-order valence-corrected chi connectivity index (χ3v) is 11.9. The van der Waals surface area contributed by atoms with Crippen LogP contribution in [0.15, 0.2) is 145 Å². The van der Waals surface area contributed by atoms with Crippen molar-refractivity contribution in [2.24, 2.45) is 0 Å². The van der Waals surface area contributed by atoms with Gasteiger partial charge in [0.1, 0.15) is 5.69 Å². The van der Waals surface area contributed by atoms with Crippen LogP contribution in [0.2, 0.25) is 0 Å². The lowest BCUT2D eigenvalue weighted by Crippen LogP contribution is -2.29. The average molecular weight is 668 g/mol. The molecule has 0 aliphatic heterocycles. The van der Waals surface area contributed by atoms with Crippen molar-refractivity contribution in [1.82, 2.24) is 14.5 Å². The molecule has 5 aromatic carbocycles. The molecule has 4 aliphatic rings. The van der Waals surface area contributed by atoms with Crippen molar-refractivity contribution < 1.29 is 0 Å². The van der Waals surface area contributed by atoms with Gasteiger partial charge in [0.15, 0.2) is 5.82 Å². The first-order chi connectivity index (χ1) is 25.7. The van der Waals surface area contributed by atoms with E-state index in [1.54, 1.807) is 0 Å². The molecule has 11 rings (SSSR count). The van der Waals surface area contributed by atoms with Gasteiger partial charge in [-0.3, -0.25) is 4.57 Å². The van der Waals surface area contributed by atoms with Gasteiger partial charge in [-0.1, -0.05) is 128 Å². The molecule has 52 heavy (non-hydrogen) atoms. The molecule has 0 N–H and O–H groups in total. The number of fused-ring (bicyclic) bond motifs is 4. The summed E-state index contributed by atoms with van der Waals surface area (Å²) in [5.41, 5.74) is 18.1. The lowest BCUT2D eigenvalue weighted by atomic mass is 9.65. The minimum Gasteiger partial charge on any atom is -0.292 e. The Morgan fingerprint density at radius 1 is 0.654 bits per heavy atom. The van der Waals surface area contributed by atoms with Gasteiger partial charge in [0.25, 0.3) is 0 Å². The summed E-state index contributed by atoms with van der Waals surface area (Å²) in [6.07, 6.45) is 19.0. The highest BCUT2D eigenvalue weighted by molar-refractivity contribution is 6.19. The molecular weight excluding hydrogens is 631 g/mol. The van der Waals surface area contributed by atoms with Crippen molar-refractivity contribution in [3.8, 4) is 39.3 Å². The zero-order chi connectivity index (χ0) is 34.4. The second-order valence-electron chi connectivity index (χ2n) is 14.9. The predicted molar refractivity (Wildman–Crippen MR) is 216 cm³/mol. The minimum absolute atomic E-state index is 0.225. The first-order valence-corrected chi connectivity index (χ1v) is 18.7. The normalized spacial score (nSPS) is 18.2. The zero-order valence-corrected chi connectivity index (χ0v) is 29.2. The standard InChI is InChI=1S/C49H37N3/c1-49-30-36(32-16-6-3-7-17-32)29-34-26-27-43-45(46(34)49)44-38(37-20-8-9-22-39(37)49)21-13-25-42(44)52(43)48-47(50-40-23-10-11-24-41(40)51-48)35-19-12-18-33(28-35)31-14-4-2-5-15-31/h2,4-6,8-9,11-22,24-29H,3,7,10,23,30H2,1H3/t49-/m0/s1. The first-order valence-electron chi connectivity index (χ1n) is 18.7. The molecule has 0 bridgehead atoms. The van der Waals surface area contributed by atoms with E-state index in [1.807, 2.05) is 0 Å². The Morgan fingerprint density at radius 2 is 1.44 bits per heavy atom. The maximum Gasteiger partial charge on any atom is 0.165 e. The second-order valence-corrected chi connectivity index (χ2v) is 14.9. The summed E-state index contributed by atoms with van der Waals surface area (Å²) in [7, 11) is 0. The van der Waals surface area contributed by atoms with Gasteiger partial charge in [-0.15, -0.1) is 0 Å². The van der Waals surface area contributed by atoms with Gasteiger partial charge in [0.05, 0.1) is 22.4 Å². The lowest BCUT2D eigenvalue weighted by molar-refractivity contribution is 0.569. The number of hydrogen-bond acceptors (Lipinski definition) is 2. The Morgan fingerprint density at radius 3 is 2.35 bits per heavy atom. The number of nitrogens with zero attached hydrogens (tertiary/aromatic N) is 3. The Labute approximate surface area is 304 Å². The number of aryl methyl sites for hydroxylation is 1. The Balaban J connectivity index is 1.25. The van der Waals surface area contributed by atoms with Crippen molar-refractivity contribution in [2.75, 3.05) is 0 Å². The highest BCUT2D eigenvalue weighted by Crippen LogP contribution is 2.56. The molecule has 0 unspecified atom stereocenters. The molecule has 0 fully saturated rings. The van der Waals surface area contributed by atoms with Gasteiger partial charge in [0.2, 0.25) is 0 Å². The van der Waals surface area contributed by atoms with Crippen LogP contribution in [0.25, 0.3) is 73.3 Å². The quantitative estimate of drug-likeness (QED) is 0.187. The maximum absolute atomic E-state index is 5.54. The van der Waals surface area contributed by atoms with E-state index in [0.717, 1.165) is 60.6 Å². The molecule has 0 amide bonds. The summed E-state index contributed by atoms with van der Waals surface area (Å²) in [5.74, 6) is 0.882. The maximum atomic E-state index is 5.54. The van der Waals surface area contributed by atoms with Gasteiger partial charge in [-0.2, -0.15) is 0 Å². The van der Waals surface area contributed by atoms with Crippen molar-refractivity contribution in [2.45, 2.75) is 44.4 Å².